The van der Waals surface area contributed by atoms with Gasteiger partial charge < -0.3 is 5.73 Å². The normalized spacial score (nSPS) is 51.5. The maximum Gasteiger partial charge on any atom is 0.0107 e. The van der Waals surface area contributed by atoms with Crippen LogP contribution in [0.2, 0.25) is 0 Å². The molecule has 0 aromatic heterocycles. The lowest BCUT2D eigenvalue weighted by molar-refractivity contribution is 0.0579. The molecule has 0 aromatic carbocycles. The Bertz CT molecular complexity index is 186. The Morgan fingerprint density at radius 1 is 1.00 bits per heavy atom. The van der Waals surface area contributed by atoms with Crippen molar-refractivity contribution in [1.29, 1.82) is 0 Å². The van der Waals surface area contributed by atoms with Crippen LogP contribution in [0.5, 0.6) is 0 Å². The van der Waals surface area contributed by atoms with E-state index in [9.17, 15) is 0 Å². The second kappa shape index (κ2) is 1.66. The fourth-order valence-corrected chi connectivity index (χ4v) is 3.84. The van der Waals surface area contributed by atoms with Gasteiger partial charge in [-0.2, -0.15) is 0 Å². The van der Waals surface area contributed by atoms with E-state index in [-0.39, 0.29) is 0 Å². The SMILES string of the molecule is NC1CC12CCCC21CCC1. The molecule has 3 aliphatic rings. The van der Waals surface area contributed by atoms with E-state index in [0.717, 1.165) is 5.41 Å². The molecule has 1 heteroatoms. The molecule has 0 saturated heterocycles. The molecule has 62 valence electrons. The third kappa shape index (κ3) is 0.547. The van der Waals surface area contributed by atoms with Crippen molar-refractivity contribution in [2.45, 2.75) is 51.0 Å². The Kier molecular flexibility index (Phi) is 0.976. The van der Waals surface area contributed by atoms with E-state index in [0.29, 0.717) is 11.5 Å². The predicted octanol–water partition coefficient (Wildman–Crippen LogP) is 2.06. The molecule has 2 N–H and O–H groups in total. The molecule has 0 heterocycles. The van der Waals surface area contributed by atoms with Crippen molar-refractivity contribution in [3.8, 4) is 0 Å². The van der Waals surface area contributed by atoms with Gasteiger partial charge in [0.05, 0.1) is 0 Å². The number of hydrogen-bond acceptors (Lipinski definition) is 1. The lowest BCUT2D eigenvalue weighted by Crippen LogP contribution is -2.37. The second-order valence-corrected chi connectivity index (χ2v) is 4.95. The molecular formula is C10H17N. The summed E-state index contributed by atoms with van der Waals surface area (Å²) < 4.78 is 0. The Morgan fingerprint density at radius 3 is 1.91 bits per heavy atom. The van der Waals surface area contributed by atoms with E-state index in [1.807, 2.05) is 0 Å². The zero-order chi connectivity index (χ0) is 7.53. The van der Waals surface area contributed by atoms with Crippen LogP contribution < -0.4 is 5.73 Å². The van der Waals surface area contributed by atoms with Crippen LogP contribution in [0, 0.1) is 10.8 Å². The minimum atomic E-state index is 0.588. The molecule has 2 spiro atoms. The maximum atomic E-state index is 6.05. The van der Waals surface area contributed by atoms with E-state index in [1.165, 1.54) is 44.9 Å². The average Bonchev–Trinajstić information content (AvgIpc) is 2.44. The summed E-state index contributed by atoms with van der Waals surface area (Å²) in [6.07, 6.45) is 10.3. The van der Waals surface area contributed by atoms with Gasteiger partial charge in [0.15, 0.2) is 0 Å². The number of hydrogen-bond donors (Lipinski definition) is 1. The largest absolute Gasteiger partial charge is 0.327 e. The van der Waals surface area contributed by atoms with E-state index in [4.69, 9.17) is 5.73 Å². The molecule has 3 fully saturated rings. The first-order valence-corrected chi connectivity index (χ1v) is 5.05. The van der Waals surface area contributed by atoms with Crippen LogP contribution in [0.15, 0.2) is 0 Å². The highest BCUT2D eigenvalue weighted by molar-refractivity contribution is 5.20. The van der Waals surface area contributed by atoms with Crippen LogP contribution in [0.1, 0.15) is 44.9 Å². The molecule has 11 heavy (non-hydrogen) atoms. The predicted molar refractivity (Wildman–Crippen MR) is 45.2 cm³/mol. The first-order chi connectivity index (χ1) is 5.29. The molecule has 0 aliphatic heterocycles. The van der Waals surface area contributed by atoms with Gasteiger partial charge in [0.2, 0.25) is 0 Å². The first-order valence-electron chi connectivity index (χ1n) is 5.05. The highest BCUT2D eigenvalue weighted by Gasteiger charge is 2.68. The summed E-state index contributed by atoms with van der Waals surface area (Å²) >= 11 is 0. The van der Waals surface area contributed by atoms with E-state index in [1.54, 1.807) is 0 Å². The van der Waals surface area contributed by atoms with Crippen molar-refractivity contribution in [2.24, 2.45) is 16.6 Å². The standard InChI is InChI=1S/C10H17N/c11-8-7-10(8)6-2-5-9(10)3-1-4-9/h8H,1-7,11H2. The summed E-state index contributed by atoms with van der Waals surface area (Å²) in [7, 11) is 0. The zero-order valence-electron chi connectivity index (χ0n) is 7.10. The molecular weight excluding hydrogens is 134 g/mol. The van der Waals surface area contributed by atoms with Gasteiger partial charge in [-0.15, -0.1) is 0 Å². The second-order valence-electron chi connectivity index (χ2n) is 4.95. The van der Waals surface area contributed by atoms with E-state index in [2.05, 4.69) is 0 Å². The summed E-state index contributed by atoms with van der Waals surface area (Å²) in [5.41, 5.74) is 7.49. The van der Waals surface area contributed by atoms with Crippen LogP contribution >= 0.6 is 0 Å². The molecule has 1 nitrogen and oxygen atoms in total. The lowest BCUT2D eigenvalue weighted by atomic mass is 9.60. The minimum absolute atomic E-state index is 0.588. The molecule has 2 atom stereocenters. The topological polar surface area (TPSA) is 26.0 Å². The van der Waals surface area contributed by atoms with Gasteiger partial charge in [0.1, 0.15) is 0 Å². The number of nitrogens with two attached hydrogens (primary N) is 1. The average molecular weight is 151 g/mol. The fraction of sp³-hybridized carbons (Fsp3) is 1.00. The third-order valence-corrected chi connectivity index (χ3v) is 4.78. The molecule has 0 radical (unpaired) electrons. The van der Waals surface area contributed by atoms with E-state index < -0.39 is 0 Å². The Balaban J connectivity index is 1.93. The van der Waals surface area contributed by atoms with Gasteiger partial charge in [-0.25, -0.2) is 0 Å². The quantitative estimate of drug-likeness (QED) is 0.563. The Morgan fingerprint density at radius 2 is 1.55 bits per heavy atom. The van der Waals surface area contributed by atoms with Crippen molar-refractivity contribution in [3.05, 3.63) is 0 Å². The molecule has 0 aromatic rings. The third-order valence-electron chi connectivity index (χ3n) is 4.78. The van der Waals surface area contributed by atoms with Crippen LogP contribution in [0.3, 0.4) is 0 Å². The van der Waals surface area contributed by atoms with Crippen LogP contribution in [0.4, 0.5) is 0 Å². The van der Waals surface area contributed by atoms with E-state index >= 15 is 0 Å². The Labute approximate surface area is 68.3 Å². The molecule has 0 amide bonds. The van der Waals surface area contributed by atoms with Crippen LogP contribution in [-0.2, 0) is 0 Å². The number of fused-ring (bicyclic) bond motifs is 1. The van der Waals surface area contributed by atoms with Crippen LogP contribution in [-0.4, -0.2) is 6.04 Å². The van der Waals surface area contributed by atoms with Gasteiger partial charge in [-0.05, 0) is 42.9 Å². The molecule has 3 aliphatic carbocycles. The summed E-state index contributed by atoms with van der Waals surface area (Å²) in [5.74, 6) is 0. The van der Waals surface area contributed by atoms with Crippen molar-refractivity contribution in [2.75, 3.05) is 0 Å². The molecule has 3 rings (SSSR count). The summed E-state index contributed by atoms with van der Waals surface area (Å²) in [5, 5.41) is 0. The molecule has 0 bridgehead atoms. The Hall–Kier alpha value is -0.0400. The van der Waals surface area contributed by atoms with Crippen molar-refractivity contribution < 1.29 is 0 Å². The van der Waals surface area contributed by atoms with Gasteiger partial charge in [-0.1, -0.05) is 12.8 Å². The lowest BCUT2D eigenvalue weighted by Gasteiger charge is -2.45. The first kappa shape index (κ1) is 6.47. The van der Waals surface area contributed by atoms with Gasteiger partial charge >= 0.3 is 0 Å². The summed E-state index contributed by atoms with van der Waals surface area (Å²) in [6.45, 7) is 0. The highest BCUT2D eigenvalue weighted by atomic mass is 14.9. The van der Waals surface area contributed by atoms with Crippen molar-refractivity contribution in [3.63, 3.8) is 0 Å². The monoisotopic (exact) mass is 151 g/mol. The van der Waals surface area contributed by atoms with Gasteiger partial charge in [0.25, 0.3) is 0 Å². The number of rotatable bonds is 0. The molecule has 2 unspecified atom stereocenters. The fourth-order valence-electron chi connectivity index (χ4n) is 3.84. The van der Waals surface area contributed by atoms with Crippen LogP contribution in [0.25, 0.3) is 0 Å². The van der Waals surface area contributed by atoms with Gasteiger partial charge in [0, 0.05) is 6.04 Å². The molecule has 3 saturated carbocycles. The smallest absolute Gasteiger partial charge is 0.0107 e. The zero-order valence-corrected chi connectivity index (χ0v) is 7.10. The highest BCUT2D eigenvalue weighted by Crippen LogP contribution is 2.73. The van der Waals surface area contributed by atoms with Crippen molar-refractivity contribution in [1.82, 2.24) is 0 Å². The maximum absolute atomic E-state index is 6.05. The summed E-state index contributed by atoms with van der Waals surface area (Å²) in [4.78, 5) is 0. The van der Waals surface area contributed by atoms with Gasteiger partial charge in [-0.3, -0.25) is 0 Å². The van der Waals surface area contributed by atoms with Crippen molar-refractivity contribution >= 4 is 0 Å². The summed E-state index contributed by atoms with van der Waals surface area (Å²) in [6, 6.07) is 0.588. The minimum Gasteiger partial charge on any atom is -0.327 e.